The number of guanidine groups is 1. The number of hydrogen-bond donors (Lipinski definition) is 2. The van der Waals surface area contributed by atoms with Gasteiger partial charge >= 0.3 is 0 Å². The van der Waals surface area contributed by atoms with Crippen molar-refractivity contribution >= 4 is 17.4 Å². The maximum atomic E-state index is 11.9. The van der Waals surface area contributed by atoms with Crippen LogP contribution in [0.15, 0.2) is 59.6 Å². The Labute approximate surface area is 127 Å². The first kappa shape index (κ1) is 13.9. The fraction of sp³-hybridized carbons (Fsp3) is 0.0588. The fourth-order valence-corrected chi connectivity index (χ4v) is 2.41. The molecule has 0 aliphatic carbocycles. The zero-order chi connectivity index (χ0) is 15.5. The molecule has 2 aromatic carbocycles. The van der Waals surface area contributed by atoms with Crippen LogP contribution in [0.3, 0.4) is 0 Å². The van der Waals surface area contributed by atoms with E-state index in [1.54, 1.807) is 12.1 Å². The molecule has 0 unspecified atom stereocenters. The third-order valence-corrected chi connectivity index (χ3v) is 3.35. The van der Waals surface area contributed by atoms with Gasteiger partial charge in [0, 0.05) is 11.1 Å². The van der Waals surface area contributed by atoms with Crippen LogP contribution in [0.25, 0.3) is 5.57 Å². The van der Waals surface area contributed by atoms with Gasteiger partial charge in [-0.3, -0.25) is 4.79 Å². The zero-order valence-corrected chi connectivity index (χ0v) is 11.8. The quantitative estimate of drug-likeness (QED) is 0.654. The molecule has 1 amide bonds. The van der Waals surface area contributed by atoms with Gasteiger partial charge in [-0.1, -0.05) is 30.3 Å². The van der Waals surface area contributed by atoms with E-state index in [9.17, 15) is 4.79 Å². The molecule has 0 aromatic heterocycles. The third-order valence-electron chi connectivity index (χ3n) is 3.35. The van der Waals surface area contributed by atoms with E-state index in [1.165, 1.54) is 0 Å². The van der Waals surface area contributed by atoms with Crippen LogP contribution in [0.2, 0.25) is 0 Å². The number of hydrogen-bond acceptors (Lipinski definition) is 2. The summed E-state index contributed by atoms with van der Waals surface area (Å²) in [4.78, 5) is 15.5. The summed E-state index contributed by atoms with van der Waals surface area (Å²) in [5.74, 6) is 0.134. The second-order valence-electron chi connectivity index (χ2n) is 4.85. The lowest BCUT2D eigenvalue weighted by Crippen LogP contribution is -2.24. The van der Waals surface area contributed by atoms with Gasteiger partial charge in [0.2, 0.25) is 0 Å². The Bertz CT molecular complexity index is 790. The zero-order valence-electron chi connectivity index (χ0n) is 11.8. The van der Waals surface area contributed by atoms with Gasteiger partial charge < -0.3 is 16.2 Å². The average molecular weight is 293 g/mol. The van der Waals surface area contributed by atoms with E-state index in [2.05, 4.69) is 4.99 Å². The molecule has 0 spiro atoms. The van der Waals surface area contributed by atoms with Crippen LogP contribution in [0.1, 0.15) is 21.5 Å². The lowest BCUT2D eigenvalue weighted by atomic mass is 9.94. The van der Waals surface area contributed by atoms with Crippen LogP contribution < -0.4 is 16.2 Å². The normalized spacial score (nSPS) is 12.6. The summed E-state index contributed by atoms with van der Waals surface area (Å²) >= 11 is 0. The van der Waals surface area contributed by atoms with Crippen molar-refractivity contribution in [3.8, 4) is 5.75 Å². The maximum Gasteiger partial charge on any atom is 0.280 e. The summed E-state index contributed by atoms with van der Waals surface area (Å²) < 4.78 is 5.61. The topological polar surface area (TPSA) is 90.7 Å². The highest BCUT2D eigenvalue weighted by atomic mass is 16.5. The first-order valence-corrected chi connectivity index (χ1v) is 6.82. The third kappa shape index (κ3) is 2.69. The van der Waals surface area contributed by atoms with E-state index in [0.29, 0.717) is 12.2 Å². The molecule has 0 bridgehead atoms. The summed E-state index contributed by atoms with van der Waals surface area (Å²) in [5.41, 5.74) is 13.9. The van der Waals surface area contributed by atoms with Crippen molar-refractivity contribution in [2.24, 2.45) is 16.5 Å². The largest absolute Gasteiger partial charge is 0.489 e. The Balaban J connectivity index is 2.02. The molecular formula is C17H15N3O2. The smallest absolute Gasteiger partial charge is 0.280 e. The Morgan fingerprint density at radius 1 is 1.09 bits per heavy atom. The second-order valence-corrected chi connectivity index (χ2v) is 4.85. The molecule has 3 rings (SSSR count). The molecule has 1 aliphatic heterocycles. The number of para-hydroxylation sites is 1. The van der Waals surface area contributed by atoms with Gasteiger partial charge in [-0.05, 0) is 35.4 Å². The van der Waals surface area contributed by atoms with E-state index in [1.807, 2.05) is 42.5 Å². The highest BCUT2D eigenvalue weighted by molar-refractivity contribution is 6.02. The highest BCUT2D eigenvalue weighted by Crippen LogP contribution is 2.34. The molecule has 1 aliphatic rings. The van der Waals surface area contributed by atoms with Crippen molar-refractivity contribution in [2.45, 2.75) is 0 Å². The molecule has 22 heavy (non-hydrogen) atoms. The molecule has 0 radical (unpaired) electrons. The Hall–Kier alpha value is -3.08. The molecule has 5 nitrogen and oxygen atoms in total. The predicted octanol–water partition coefficient (Wildman–Crippen LogP) is 1.92. The Kier molecular flexibility index (Phi) is 3.62. The molecule has 2 aromatic rings. The van der Waals surface area contributed by atoms with Gasteiger partial charge in [0.15, 0.2) is 5.96 Å². The van der Waals surface area contributed by atoms with Gasteiger partial charge in [0.25, 0.3) is 5.91 Å². The van der Waals surface area contributed by atoms with Crippen molar-refractivity contribution in [3.05, 3.63) is 71.3 Å². The average Bonchev–Trinajstić information content (AvgIpc) is 2.54. The summed E-state index contributed by atoms with van der Waals surface area (Å²) in [6, 6.07) is 15.0. The van der Waals surface area contributed by atoms with Crippen LogP contribution in [0.5, 0.6) is 5.75 Å². The molecule has 0 saturated heterocycles. The lowest BCUT2D eigenvalue weighted by molar-refractivity contribution is 0.100. The number of nitrogens with two attached hydrogens (primary N) is 2. The minimum atomic E-state index is -0.456. The van der Waals surface area contributed by atoms with Crippen LogP contribution >= 0.6 is 0 Å². The van der Waals surface area contributed by atoms with Crippen LogP contribution in [-0.4, -0.2) is 18.5 Å². The van der Waals surface area contributed by atoms with E-state index >= 15 is 0 Å². The fourth-order valence-electron chi connectivity index (χ4n) is 2.41. The van der Waals surface area contributed by atoms with E-state index < -0.39 is 5.91 Å². The standard InChI is InChI=1S/C17H15N3O2/c18-17(19)20-16(21)12-5-3-4-11(10-12)13-8-9-22-15-7-2-1-6-14(13)15/h1-8,10H,9H2,(H4,18,19,20,21). The molecule has 5 heteroatoms. The Morgan fingerprint density at radius 2 is 1.91 bits per heavy atom. The van der Waals surface area contributed by atoms with Crippen molar-refractivity contribution in [2.75, 3.05) is 6.61 Å². The van der Waals surface area contributed by atoms with Crippen molar-refractivity contribution in [3.63, 3.8) is 0 Å². The van der Waals surface area contributed by atoms with Gasteiger partial charge in [-0.25, -0.2) is 0 Å². The predicted molar refractivity (Wildman–Crippen MR) is 85.6 cm³/mol. The molecule has 0 fully saturated rings. The molecule has 1 heterocycles. The monoisotopic (exact) mass is 293 g/mol. The summed E-state index contributed by atoms with van der Waals surface area (Å²) in [6.45, 7) is 0.498. The summed E-state index contributed by atoms with van der Waals surface area (Å²) in [5, 5.41) is 0. The van der Waals surface area contributed by atoms with E-state index in [-0.39, 0.29) is 5.96 Å². The first-order valence-electron chi connectivity index (χ1n) is 6.82. The summed E-state index contributed by atoms with van der Waals surface area (Å²) in [7, 11) is 0. The first-order chi connectivity index (χ1) is 10.6. The maximum absolute atomic E-state index is 11.9. The van der Waals surface area contributed by atoms with Crippen LogP contribution in [0.4, 0.5) is 0 Å². The number of rotatable bonds is 2. The van der Waals surface area contributed by atoms with Gasteiger partial charge in [0.05, 0.1) is 0 Å². The van der Waals surface area contributed by atoms with E-state index in [4.69, 9.17) is 16.2 Å². The van der Waals surface area contributed by atoms with Crippen LogP contribution in [-0.2, 0) is 0 Å². The Morgan fingerprint density at radius 3 is 2.73 bits per heavy atom. The minimum Gasteiger partial charge on any atom is -0.489 e. The lowest BCUT2D eigenvalue weighted by Gasteiger charge is -2.19. The van der Waals surface area contributed by atoms with E-state index in [0.717, 1.165) is 22.4 Å². The number of fused-ring (bicyclic) bond motifs is 1. The van der Waals surface area contributed by atoms with Gasteiger partial charge in [-0.2, -0.15) is 4.99 Å². The number of nitrogens with zero attached hydrogens (tertiary/aromatic N) is 1. The number of ether oxygens (including phenoxy) is 1. The second kappa shape index (κ2) is 5.73. The SMILES string of the molecule is NC(N)=NC(=O)c1cccc(C2=CCOc3ccccc32)c1. The molecule has 0 saturated carbocycles. The number of carbonyl (C=O) groups is 1. The minimum absolute atomic E-state index is 0.244. The number of amides is 1. The van der Waals surface area contributed by atoms with Crippen molar-refractivity contribution in [1.82, 2.24) is 0 Å². The molecule has 4 N–H and O–H groups in total. The number of benzene rings is 2. The number of aliphatic imine (C=N–C) groups is 1. The molecule has 0 atom stereocenters. The molecular weight excluding hydrogens is 278 g/mol. The van der Waals surface area contributed by atoms with Crippen molar-refractivity contribution in [1.29, 1.82) is 0 Å². The van der Waals surface area contributed by atoms with Crippen LogP contribution in [0, 0.1) is 0 Å². The van der Waals surface area contributed by atoms with Gasteiger partial charge in [-0.15, -0.1) is 0 Å². The highest BCUT2D eigenvalue weighted by Gasteiger charge is 2.15. The van der Waals surface area contributed by atoms with Gasteiger partial charge in [0.1, 0.15) is 12.4 Å². The summed E-state index contributed by atoms with van der Waals surface area (Å²) in [6.07, 6.45) is 1.99. The number of carbonyl (C=O) groups excluding carboxylic acids is 1. The van der Waals surface area contributed by atoms with Crippen molar-refractivity contribution < 1.29 is 9.53 Å². The molecule has 110 valence electrons.